The Hall–Kier alpha value is -4.48. The summed E-state index contributed by atoms with van der Waals surface area (Å²) in [5, 5.41) is 18.2. The lowest BCUT2D eigenvalue weighted by molar-refractivity contribution is -0.145. The summed E-state index contributed by atoms with van der Waals surface area (Å²) in [6.07, 6.45) is 0.437. The summed E-state index contributed by atoms with van der Waals surface area (Å²) < 4.78 is 17.4. The predicted octanol–water partition coefficient (Wildman–Crippen LogP) is 3.03. The van der Waals surface area contributed by atoms with E-state index >= 15 is 0 Å². The van der Waals surface area contributed by atoms with E-state index in [0.29, 0.717) is 68.7 Å². The van der Waals surface area contributed by atoms with E-state index < -0.39 is 23.8 Å². The second-order valence-corrected chi connectivity index (χ2v) is 10.9. The van der Waals surface area contributed by atoms with E-state index in [-0.39, 0.29) is 24.7 Å². The lowest BCUT2D eigenvalue weighted by Gasteiger charge is -2.16. The molecule has 4 N–H and O–H groups in total. The topological polar surface area (TPSA) is 169 Å². The highest BCUT2D eigenvalue weighted by Crippen LogP contribution is 2.36. The molecule has 2 aromatic rings. The number of ether oxygens (including phenoxy) is 3. The Morgan fingerprint density at radius 3 is 1.60 bits per heavy atom. The number of carbonyl (C=O) groups is 4. The third kappa shape index (κ3) is 7.04. The molecule has 2 aliphatic heterocycles. The molecule has 0 aromatic heterocycles. The standard InChI is InChI=1S/C30H37N3O9/c1-17(29(36)37)7-27(34)32-13-19-9-23(31)24(10-20(19)14-32)41-5-4-6-42-26-12-22-16-33(15-21(22)11-25(26)40-3)28(35)8-18(2)30(38)39/h9-12,17-18H,4-8,13-16,31H2,1-3H3,(H,36,37)(H,38,39)/t17-,18-/m0/s1. The minimum absolute atomic E-state index is 0.0546. The van der Waals surface area contributed by atoms with Crippen LogP contribution in [0.4, 0.5) is 5.69 Å². The number of nitrogen functional groups attached to an aromatic ring is 1. The zero-order valence-electron chi connectivity index (χ0n) is 24.1. The molecule has 0 bridgehead atoms. The molecule has 0 fully saturated rings. The molecule has 2 heterocycles. The number of hydrogen-bond donors (Lipinski definition) is 3. The van der Waals surface area contributed by atoms with Gasteiger partial charge in [-0.1, -0.05) is 13.8 Å². The van der Waals surface area contributed by atoms with Gasteiger partial charge in [-0.2, -0.15) is 0 Å². The molecule has 12 heteroatoms. The van der Waals surface area contributed by atoms with Gasteiger partial charge in [-0.25, -0.2) is 0 Å². The Balaban J connectivity index is 1.27. The van der Waals surface area contributed by atoms with Crippen LogP contribution in [0.5, 0.6) is 17.2 Å². The Kier molecular flexibility index (Phi) is 9.44. The number of carbonyl (C=O) groups excluding carboxylic acids is 2. The van der Waals surface area contributed by atoms with Crippen LogP contribution in [0.25, 0.3) is 0 Å². The largest absolute Gasteiger partial charge is 0.493 e. The average Bonchev–Trinajstić information content (AvgIpc) is 3.55. The predicted molar refractivity (Wildman–Crippen MR) is 151 cm³/mol. The van der Waals surface area contributed by atoms with E-state index in [4.69, 9.17) is 30.2 Å². The van der Waals surface area contributed by atoms with Gasteiger partial charge in [0.1, 0.15) is 5.75 Å². The maximum absolute atomic E-state index is 12.6. The molecular weight excluding hydrogens is 546 g/mol. The van der Waals surface area contributed by atoms with Crippen LogP contribution in [0.2, 0.25) is 0 Å². The van der Waals surface area contributed by atoms with Crippen LogP contribution in [0.15, 0.2) is 24.3 Å². The minimum Gasteiger partial charge on any atom is -0.493 e. The number of fused-ring (bicyclic) bond motifs is 2. The van der Waals surface area contributed by atoms with Crippen molar-refractivity contribution in [3.63, 3.8) is 0 Å². The van der Waals surface area contributed by atoms with E-state index in [1.165, 1.54) is 13.8 Å². The molecule has 0 saturated heterocycles. The van der Waals surface area contributed by atoms with E-state index in [1.807, 2.05) is 18.2 Å². The van der Waals surface area contributed by atoms with Crippen LogP contribution in [-0.2, 0) is 45.4 Å². The zero-order chi connectivity index (χ0) is 30.6. The Bertz CT molecular complexity index is 1380. The molecule has 2 aromatic carbocycles. The molecule has 226 valence electrons. The van der Waals surface area contributed by atoms with Gasteiger partial charge in [-0.3, -0.25) is 19.2 Å². The molecule has 0 radical (unpaired) electrons. The quantitative estimate of drug-likeness (QED) is 0.235. The SMILES string of the molecule is COc1cc2c(cc1OCCCOc1cc3c(cc1N)CN(C(=O)C[C@H](C)C(=O)O)C3)CN(C(=O)C[C@H](C)C(=O)O)C2. The lowest BCUT2D eigenvalue weighted by Crippen LogP contribution is -2.28. The van der Waals surface area contributed by atoms with Crippen LogP contribution in [-0.4, -0.2) is 64.1 Å². The first-order chi connectivity index (χ1) is 20.0. The molecule has 2 aliphatic rings. The highest BCUT2D eigenvalue weighted by molar-refractivity contribution is 5.83. The molecule has 12 nitrogen and oxygen atoms in total. The smallest absolute Gasteiger partial charge is 0.306 e. The number of rotatable bonds is 13. The van der Waals surface area contributed by atoms with Crippen molar-refractivity contribution in [3.05, 3.63) is 46.5 Å². The number of amides is 2. The van der Waals surface area contributed by atoms with Gasteiger partial charge in [0.15, 0.2) is 11.5 Å². The molecule has 42 heavy (non-hydrogen) atoms. The van der Waals surface area contributed by atoms with Crippen LogP contribution < -0.4 is 19.9 Å². The van der Waals surface area contributed by atoms with Gasteiger partial charge in [-0.05, 0) is 46.5 Å². The molecule has 0 saturated carbocycles. The Morgan fingerprint density at radius 2 is 1.14 bits per heavy atom. The molecule has 0 unspecified atom stereocenters. The number of anilines is 1. The van der Waals surface area contributed by atoms with E-state index in [2.05, 4.69) is 0 Å². The van der Waals surface area contributed by atoms with Gasteiger partial charge in [0.2, 0.25) is 11.8 Å². The fraction of sp³-hybridized carbons (Fsp3) is 0.467. The second kappa shape index (κ2) is 13.0. The number of nitrogens with two attached hydrogens (primary N) is 1. The first-order valence-electron chi connectivity index (χ1n) is 13.8. The van der Waals surface area contributed by atoms with Crippen LogP contribution in [0.3, 0.4) is 0 Å². The zero-order valence-corrected chi connectivity index (χ0v) is 24.1. The van der Waals surface area contributed by atoms with Crippen molar-refractivity contribution in [1.82, 2.24) is 9.80 Å². The van der Waals surface area contributed by atoms with Crippen molar-refractivity contribution in [2.45, 2.75) is 59.3 Å². The second-order valence-electron chi connectivity index (χ2n) is 10.9. The number of nitrogens with zero attached hydrogens (tertiary/aromatic N) is 2. The normalized spacial score (nSPS) is 15.0. The summed E-state index contributed by atoms with van der Waals surface area (Å²) in [6.45, 7) is 5.23. The van der Waals surface area contributed by atoms with E-state index in [1.54, 1.807) is 23.0 Å². The molecule has 2 atom stereocenters. The van der Waals surface area contributed by atoms with Gasteiger partial charge in [0.25, 0.3) is 0 Å². The summed E-state index contributed by atoms with van der Waals surface area (Å²) in [6, 6.07) is 7.32. The van der Waals surface area contributed by atoms with Crippen molar-refractivity contribution in [2.75, 3.05) is 26.1 Å². The number of carboxylic acids is 2. The summed E-state index contributed by atoms with van der Waals surface area (Å²) in [7, 11) is 1.54. The molecule has 2 amide bonds. The maximum Gasteiger partial charge on any atom is 0.306 e. The van der Waals surface area contributed by atoms with Gasteiger partial charge >= 0.3 is 11.9 Å². The van der Waals surface area contributed by atoms with Crippen LogP contribution in [0.1, 0.15) is 55.4 Å². The van der Waals surface area contributed by atoms with E-state index in [0.717, 1.165) is 22.3 Å². The number of hydrogen-bond acceptors (Lipinski definition) is 8. The van der Waals surface area contributed by atoms with Crippen LogP contribution in [0, 0.1) is 11.8 Å². The van der Waals surface area contributed by atoms with Crippen molar-refractivity contribution in [2.24, 2.45) is 11.8 Å². The summed E-state index contributed by atoms with van der Waals surface area (Å²) in [4.78, 5) is 50.5. The number of aliphatic carboxylic acids is 2. The lowest BCUT2D eigenvalue weighted by atomic mass is 10.1. The van der Waals surface area contributed by atoms with Crippen molar-refractivity contribution >= 4 is 29.4 Å². The van der Waals surface area contributed by atoms with Gasteiger partial charge in [-0.15, -0.1) is 0 Å². The Labute approximate surface area is 243 Å². The summed E-state index contributed by atoms with van der Waals surface area (Å²) in [5.74, 6) is -2.31. The Morgan fingerprint density at radius 1 is 0.738 bits per heavy atom. The van der Waals surface area contributed by atoms with Gasteiger partial charge in [0.05, 0.1) is 37.8 Å². The van der Waals surface area contributed by atoms with Crippen molar-refractivity contribution in [1.29, 1.82) is 0 Å². The summed E-state index contributed by atoms with van der Waals surface area (Å²) >= 11 is 0. The molecule has 0 spiro atoms. The number of methoxy groups -OCH3 is 1. The highest BCUT2D eigenvalue weighted by Gasteiger charge is 2.29. The third-order valence-corrected chi connectivity index (χ3v) is 7.58. The highest BCUT2D eigenvalue weighted by atomic mass is 16.5. The number of benzene rings is 2. The van der Waals surface area contributed by atoms with Gasteiger partial charge in [0, 0.05) is 45.4 Å². The molecular formula is C30H37N3O9. The van der Waals surface area contributed by atoms with Crippen LogP contribution >= 0.6 is 0 Å². The molecule has 0 aliphatic carbocycles. The monoisotopic (exact) mass is 583 g/mol. The first kappa shape index (κ1) is 30.5. The van der Waals surface area contributed by atoms with Gasteiger partial charge < -0.3 is 40.0 Å². The average molecular weight is 584 g/mol. The van der Waals surface area contributed by atoms with E-state index in [9.17, 15) is 19.2 Å². The summed E-state index contributed by atoms with van der Waals surface area (Å²) in [5.41, 5.74) is 10.3. The fourth-order valence-electron chi connectivity index (χ4n) is 4.98. The minimum atomic E-state index is -0.999. The maximum atomic E-state index is 12.6. The first-order valence-corrected chi connectivity index (χ1v) is 13.8. The fourth-order valence-corrected chi connectivity index (χ4v) is 4.98. The number of carboxylic acid groups (broad SMARTS) is 2. The third-order valence-electron chi connectivity index (χ3n) is 7.58. The van der Waals surface area contributed by atoms with Crippen molar-refractivity contribution < 1.29 is 43.6 Å². The van der Waals surface area contributed by atoms with Crippen molar-refractivity contribution in [3.8, 4) is 17.2 Å². The molecule has 4 rings (SSSR count).